The highest BCUT2D eigenvalue weighted by Crippen LogP contribution is 2.42. The fraction of sp³-hybridized carbons (Fsp3) is 0.750. The van der Waals surface area contributed by atoms with E-state index in [9.17, 15) is 13.2 Å². The molecule has 1 saturated carbocycles. The van der Waals surface area contributed by atoms with Crippen LogP contribution in [0.3, 0.4) is 0 Å². The van der Waals surface area contributed by atoms with Crippen molar-refractivity contribution in [2.24, 2.45) is 17.8 Å². The summed E-state index contributed by atoms with van der Waals surface area (Å²) in [5.74, 6) is -0.462. The Morgan fingerprint density at radius 2 is 1.89 bits per heavy atom. The Labute approximate surface area is 108 Å². The maximum absolute atomic E-state index is 12.0. The molecule has 0 aromatic heterocycles. The number of sulfonamides is 1. The number of fused-ring (bicyclic) bond motifs is 1. The molecule has 2 aliphatic rings. The molecule has 102 valence electrons. The molecule has 2 fully saturated rings. The average Bonchev–Trinajstić information content (AvgIpc) is 2.83. The zero-order valence-corrected chi connectivity index (χ0v) is 11.1. The van der Waals surface area contributed by atoms with Gasteiger partial charge in [-0.2, -0.15) is 0 Å². The van der Waals surface area contributed by atoms with E-state index in [-0.39, 0.29) is 23.5 Å². The van der Waals surface area contributed by atoms with Crippen molar-refractivity contribution in [3.63, 3.8) is 0 Å². The number of carboxylic acid groups (broad SMARTS) is 1. The number of carboxylic acids is 1. The summed E-state index contributed by atoms with van der Waals surface area (Å²) in [4.78, 5) is 10.9. The van der Waals surface area contributed by atoms with Crippen molar-refractivity contribution >= 4 is 16.0 Å². The van der Waals surface area contributed by atoms with Crippen molar-refractivity contribution in [1.29, 1.82) is 0 Å². The lowest BCUT2D eigenvalue weighted by molar-refractivity contribution is -0.141. The molecular weight excluding hydrogens is 254 g/mol. The van der Waals surface area contributed by atoms with E-state index in [1.54, 1.807) is 6.08 Å². The quantitative estimate of drug-likeness (QED) is 0.756. The number of hydrogen-bond acceptors (Lipinski definition) is 3. The van der Waals surface area contributed by atoms with Gasteiger partial charge in [-0.1, -0.05) is 6.08 Å². The van der Waals surface area contributed by atoms with Crippen LogP contribution < -0.4 is 0 Å². The van der Waals surface area contributed by atoms with Crippen LogP contribution in [0.2, 0.25) is 0 Å². The van der Waals surface area contributed by atoms with Gasteiger partial charge in [-0.3, -0.25) is 4.79 Å². The molecule has 6 heteroatoms. The summed E-state index contributed by atoms with van der Waals surface area (Å²) in [6.45, 7) is 4.52. The standard InChI is InChI=1S/C12H19NO4S/c1-2-3-4-18(16,17)13-7-10-5-9(12(14)15)6-11(10)8-13/h2,9-11H,1,3-8H2,(H,14,15)/t9?,10-,11+. The molecule has 0 aromatic carbocycles. The van der Waals surface area contributed by atoms with Crippen molar-refractivity contribution < 1.29 is 18.3 Å². The minimum absolute atomic E-state index is 0.109. The molecule has 0 radical (unpaired) electrons. The van der Waals surface area contributed by atoms with Gasteiger partial charge in [0, 0.05) is 13.1 Å². The number of nitrogens with zero attached hydrogens (tertiary/aromatic N) is 1. The third kappa shape index (κ3) is 2.59. The smallest absolute Gasteiger partial charge is 0.306 e. The van der Waals surface area contributed by atoms with Crippen LogP contribution in [-0.2, 0) is 14.8 Å². The van der Waals surface area contributed by atoms with Gasteiger partial charge in [0.05, 0.1) is 11.7 Å². The second-order valence-corrected chi connectivity index (χ2v) is 7.33. The van der Waals surface area contributed by atoms with Crippen molar-refractivity contribution in [1.82, 2.24) is 4.31 Å². The largest absolute Gasteiger partial charge is 0.481 e. The van der Waals surface area contributed by atoms with Crippen LogP contribution in [0.1, 0.15) is 19.3 Å². The Balaban J connectivity index is 1.96. The minimum atomic E-state index is -3.19. The molecular formula is C12H19NO4S. The minimum Gasteiger partial charge on any atom is -0.481 e. The van der Waals surface area contributed by atoms with Gasteiger partial charge in [0.2, 0.25) is 10.0 Å². The normalized spacial score (nSPS) is 32.3. The van der Waals surface area contributed by atoms with Crippen LogP contribution in [0.25, 0.3) is 0 Å². The number of allylic oxidation sites excluding steroid dienone is 1. The Bertz CT molecular complexity index is 431. The zero-order valence-electron chi connectivity index (χ0n) is 10.3. The van der Waals surface area contributed by atoms with E-state index in [1.165, 1.54) is 4.31 Å². The maximum Gasteiger partial charge on any atom is 0.306 e. The van der Waals surface area contributed by atoms with Crippen molar-refractivity contribution in [3.8, 4) is 0 Å². The molecule has 0 spiro atoms. The first-order valence-corrected chi connectivity index (χ1v) is 7.86. The highest BCUT2D eigenvalue weighted by atomic mass is 32.2. The van der Waals surface area contributed by atoms with Crippen LogP contribution in [-0.4, -0.2) is 42.6 Å². The highest BCUT2D eigenvalue weighted by Gasteiger charge is 2.46. The molecule has 1 N–H and O–H groups in total. The van der Waals surface area contributed by atoms with Crippen molar-refractivity contribution in [3.05, 3.63) is 12.7 Å². The molecule has 1 heterocycles. The number of hydrogen-bond donors (Lipinski definition) is 1. The second-order valence-electron chi connectivity index (χ2n) is 5.24. The van der Waals surface area contributed by atoms with E-state index in [0.29, 0.717) is 32.4 Å². The maximum atomic E-state index is 12.0. The van der Waals surface area contributed by atoms with Crippen LogP contribution in [0.4, 0.5) is 0 Å². The van der Waals surface area contributed by atoms with Crippen LogP contribution in [0.15, 0.2) is 12.7 Å². The van der Waals surface area contributed by atoms with E-state index in [2.05, 4.69) is 6.58 Å². The van der Waals surface area contributed by atoms with Crippen molar-refractivity contribution in [2.75, 3.05) is 18.8 Å². The first-order valence-electron chi connectivity index (χ1n) is 6.25. The van der Waals surface area contributed by atoms with Crippen LogP contribution >= 0.6 is 0 Å². The molecule has 1 aliphatic carbocycles. The van der Waals surface area contributed by atoms with Gasteiger partial charge in [0.25, 0.3) is 0 Å². The van der Waals surface area contributed by atoms with Crippen LogP contribution in [0.5, 0.6) is 0 Å². The molecule has 5 nitrogen and oxygen atoms in total. The topological polar surface area (TPSA) is 74.7 Å². The molecule has 0 bridgehead atoms. The van der Waals surface area contributed by atoms with Crippen LogP contribution in [0, 0.1) is 17.8 Å². The predicted molar refractivity (Wildman–Crippen MR) is 67.5 cm³/mol. The Morgan fingerprint density at radius 1 is 1.33 bits per heavy atom. The molecule has 18 heavy (non-hydrogen) atoms. The molecule has 0 amide bonds. The summed E-state index contributed by atoms with van der Waals surface area (Å²) < 4.78 is 25.5. The fourth-order valence-electron chi connectivity index (χ4n) is 3.05. The summed E-state index contributed by atoms with van der Waals surface area (Å²) in [5, 5.41) is 8.97. The second kappa shape index (κ2) is 5.01. The lowest BCUT2D eigenvalue weighted by Crippen LogP contribution is -2.32. The number of carbonyl (C=O) groups is 1. The van der Waals surface area contributed by atoms with Crippen molar-refractivity contribution in [2.45, 2.75) is 19.3 Å². The molecule has 1 aliphatic heterocycles. The first kappa shape index (κ1) is 13.5. The molecule has 3 atom stereocenters. The summed E-state index contributed by atoms with van der Waals surface area (Å²) in [7, 11) is -3.19. The fourth-order valence-corrected chi connectivity index (χ4v) is 4.61. The van der Waals surface area contributed by atoms with Gasteiger partial charge in [-0.25, -0.2) is 12.7 Å². The van der Waals surface area contributed by atoms with E-state index < -0.39 is 16.0 Å². The SMILES string of the molecule is C=CCCS(=O)(=O)N1C[C@H]2CC(C(=O)O)C[C@H]2C1. The predicted octanol–water partition coefficient (Wildman–Crippen LogP) is 0.935. The van der Waals surface area contributed by atoms with E-state index in [1.807, 2.05) is 0 Å². The third-order valence-electron chi connectivity index (χ3n) is 4.04. The molecule has 1 saturated heterocycles. The molecule has 0 aromatic rings. The van der Waals surface area contributed by atoms with E-state index in [0.717, 1.165) is 0 Å². The lowest BCUT2D eigenvalue weighted by Gasteiger charge is -2.17. The zero-order chi connectivity index (χ0) is 13.3. The first-order chi connectivity index (χ1) is 8.44. The Kier molecular flexibility index (Phi) is 3.77. The Hall–Kier alpha value is -0.880. The highest BCUT2D eigenvalue weighted by molar-refractivity contribution is 7.89. The number of aliphatic carboxylic acids is 1. The van der Waals surface area contributed by atoms with E-state index in [4.69, 9.17) is 5.11 Å². The molecule has 2 rings (SSSR count). The summed E-state index contributed by atoms with van der Waals surface area (Å²) in [6.07, 6.45) is 3.31. The average molecular weight is 273 g/mol. The van der Waals surface area contributed by atoms with Gasteiger partial charge >= 0.3 is 5.97 Å². The van der Waals surface area contributed by atoms with Gasteiger partial charge in [0.15, 0.2) is 0 Å². The monoisotopic (exact) mass is 273 g/mol. The van der Waals surface area contributed by atoms with Gasteiger partial charge in [-0.15, -0.1) is 6.58 Å². The van der Waals surface area contributed by atoms with E-state index >= 15 is 0 Å². The summed E-state index contributed by atoms with van der Waals surface area (Å²) >= 11 is 0. The number of rotatable bonds is 5. The molecule has 1 unspecified atom stereocenters. The third-order valence-corrected chi connectivity index (χ3v) is 5.88. The Morgan fingerprint density at radius 3 is 2.33 bits per heavy atom. The van der Waals surface area contributed by atoms with Gasteiger partial charge < -0.3 is 5.11 Å². The van der Waals surface area contributed by atoms with Gasteiger partial charge in [-0.05, 0) is 31.1 Å². The lowest BCUT2D eigenvalue weighted by atomic mass is 10.0. The van der Waals surface area contributed by atoms with Gasteiger partial charge in [0.1, 0.15) is 0 Å². The summed E-state index contributed by atoms with van der Waals surface area (Å²) in [5.41, 5.74) is 0. The summed E-state index contributed by atoms with van der Waals surface area (Å²) in [6, 6.07) is 0.